The van der Waals surface area contributed by atoms with Crippen LogP contribution in [0.5, 0.6) is 0 Å². The van der Waals surface area contributed by atoms with Gasteiger partial charge in [0.15, 0.2) is 0 Å². The number of carbonyl (C=O) groups excluding carboxylic acids is 1. The van der Waals surface area contributed by atoms with E-state index in [9.17, 15) is 4.79 Å². The zero-order chi connectivity index (χ0) is 15.2. The van der Waals surface area contributed by atoms with Crippen LogP contribution in [0.25, 0.3) is 0 Å². The minimum Gasteiger partial charge on any atom is -0.462 e. The van der Waals surface area contributed by atoms with Gasteiger partial charge < -0.3 is 10.5 Å². The number of hydrogen-bond acceptors (Lipinski definition) is 3. The number of esters is 1. The Labute approximate surface area is 124 Å². The van der Waals surface area contributed by atoms with Crippen LogP contribution in [0.1, 0.15) is 72.6 Å². The van der Waals surface area contributed by atoms with Crippen molar-refractivity contribution in [3.63, 3.8) is 0 Å². The largest absolute Gasteiger partial charge is 0.462 e. The first-order chi connectivity index (χ1) is 9.34. The molecule has 1 aliphatic rings. The molecule has 0 saturated heterocycles. The molecule has 1 fully saturated rings. The maximum absolute atomic E-state index is 12.0. The molecule has 0 heterocycles. The van der Waals surface area contributed by atoms with Gasteiger partial charge in [0.1, 0.15) is 6.10 Å². The molecule has 2 N–H and O–H groups in total. The maximum Gasteiger partial charge on any atom is 0.306 e. The van der Waals surface area contributed by atoms with Crippen LogP contribution in [0.15, 0.2) is 0 Å². The summed E-state index contributed by atoms with van der Waals surface area (Å²) in [4.78, 5) is 12.0. The normalized spacial score (nSPS) is 20.9. The molecule has 0 aromatic heterocycles. The van der Waals surface area contributed by atoms with Crippen LogP contribution in [0.4, 0.5) is 0 Å². The van der Waals surface area contributed by atoms with Crippen LogP contribution in [0.2, 0.25) is 0 Å². The molecule has 0 amide bonds. The Balaban J connectivity index is 2.26. The van der Waals surface area contributed by atoms with Crippen molar-refractivity contribution < 1.29 is 9.53 Å². The highest BCUT2D eigenvalue weighted by Crippen LogP contribution is 2.36. The molecule has 0 radical (unpaired) electrons. The Morgan fingerprint density at radius 1 is 1.25 bits per heavy atom. The SMILES string of the molecule is CC(C)C(CCN)CCC(=O)OC1CCC(C)(C)CC1. The molecule has 20 heavy (non-hydrogen) atoms. The molecule has 1 aliphatic carbocycles. The van der Waals surface area contributed by atoms with E-state index < -0.39 is 0 Å². The summed E-state index contributed by atoms with van der Waals surface area (Å²) in [5.41, 5.74) is 6.06. The van der Waals surface area contributed by atoms with E-state index in [0.717, 1.165) is 38.5 Å². The van der Waals surface area contributed by atoms with Crippen molar-refractivity contribution in [3.8, 4) is 0 Å². The summed E-state index contributed by atoms with van der Waals surface area (Å²) in [5.74, 6) is 1.11. The first-order valence-corrected chi connectivity index (χ1v) is 8.23. The Morgan fingerprint density at radius 3 is 2.35 bits per heavy atom. The molecular formula is C17H33NO2. The van der Waals surface area contributed by atoms with Gasteiger partial charge >= 0.3 is 5.97 Å². The maximum atomic E-state index is 12.0. The Hall–Kier alpha value is -0.570. The second-order valence-electron chi connectivity index (χ2n) is 7.47. The molecule has 0 aromatic rings. The monoisotopic (exact) mass is 283 g/mol. The van der Waals surface area contributed by atoms with Gasteiger partial charge in [-0.2, -0.15) is 0 Å². The zero-order valence-electron chi connectivity index (χ0n) is 13.8. The minimum absolute atomic E-state index is 0.0163. The summed E-state index contributed by atoms with van der Waals surface area (Å²) in [5, 5.41) is 0. The van der Waals surface area contributed by atoms with Crippen LogP contribution in [-0.2, 0) is 9.53 Å². The number of rotatable bonds is 7. The van der Waals surface area contributed by atoms with E-state index >= 15 is 0 Å². The van der Waals surface area contributed by atoms with Crippen LogP contribution in [0.3, 0.4) is 0 Å². The lowest BCUT2D eigenvalue weighted by Gasteiger charge is -2.34. The van der Waals surface area contributed by atoms with Crippen molar-refractivity contribution in [2.45, 2.75) is 78.7 Å². The third-order valence-corrected chi connectivity index (χ3v) is 4.78. The molecule has 1 unspecified atom stereocenters. The summed E-state index contributed by atoms with van der Waals surface area (Å²) in [7, 11) is 0. The third kappa shape index (κ3) is 6.25. The van der Waals surface area contributed by atoms with E-state index in [0.29, 0.717) is 30.2 Å². The second-order valence-corrected chi connectivity index (χ2v) is 7.47. The number of nitrogens with two attached hydrogens (primary N) is 1. The molecule has 0 spiro atoms. The van der Waals surface area contributed by atoms with Crippen LogP contribution >= 0.6 is 0 Å². The highest BCUT2D eigenvalue weighted by atomic mass is 16.5. The van der Waals surface area contributed by atoms with E-state index in [1.54, 1.807) is 0 Å². The average molecular weight is 283 g/mol. The first-order valence-electron chi connectivity index (χ1n) is 8.23. The molecule has 0 aliphatic heterocycles. The predicted molar refractivity (Wildman–Crippen MR) is 83.4 cm³/mol. The van der Waals surface area contributed by atoms with Crippen molar-refractivity contribution in [3.05, 3.63) is 0 Å². The van der Waals surface area contributed by atoms with Gasteiger partial charge in [0, 0.05) is 6.42 Å². The third-order valence-electron chi connectivity index (χ3n) is 4.78. The van der Waals surface area contributed by atoms with E-state index in [1.807, 2.05) is 0 Å². The van der Waals surface area contributed by atoms with Gasteiger partial charge in [-0.1, -0.05) is 27.7 Å². The average Bonchev–Trinajstić information content (AvgIpc) is 2.36. The van der Waals surface area contributed by atoms with Gasteiger partial charge in [-0.25, -0.2) is 0 Å². The van der Waals surface area contributed by atoms with Gasteiger partial charge in [-0.15, -0.1) is 0 Å². The van der Waals surface area contributed by atoms with Gasteiger partial charge in [0.05, 0.1) is 0 Å². The summed E-state index contributed by atoms with van der Waals surface area (Å²) in [6.45, 7) is 9.70. The fourth-order valence-corrected chi connectivity index (χ4v) is 3.06. The van der Waals surface area contributed by atoms with E-state index in [1.165, 1.54) is 0 Å². The molecule has 3 nitrogen and oxygen atoms in total. The number of hydrogen-bond donors (Lipinski definition) is 1. The molecule has 1 saturated carbocycles. The predicted octanol–water partition coefficient (Wildman–Crippen LogP) is 3.90. The molecule has 0 bridgehead atoms. The molecule has 3 heteroatoms. The second kappa shape index (κ2) is 8.02. The van der Waals surface area contributed by atoms with Gasteiger partial charge in [0.25, 0.3) is 0 Å². The topological polar surface area (TPSA) is 52.3 Å². The molecular weight excluding hydrogens is 250 g/mol. The van der Waals surface area contributed by atoms with Crippen molar-refractivity contribution >= 4 is 5.97 Å². The van der Waals surface area contributed by atoms with Crippen LogP contribution in [0, 0.1) is 17.3 Å². The molecule has 1 rings (SSSR count). The number of carbonyl (C=O) groups is 1. The highest BCUT2D eigenvalue weighted by Gasteiger charge is 2.28. The van der Waals surface area contributed by atoms with Gasteiger partial charge in [-0.3, -0.25) is 4.79 Å². The van der Waals surface area contributed by atoms with Crippen molar-refractivity contribution in [2.24, 2.45) is 23.0 Å². The van der Waals surface area contributed by atoms with Crippen molar-refractivity contribution in [2.75, 3.05) is 6.54 Å². The summed E-state index contributed by atoms with van der Waals surface area (Å²) < 4.78 is 5.62. The first kappa shape index (κ1) is 17.5. The van der Waals surface area contributed by atoms with Crippen LogP contribution < -0.4 is 5.73 Å². The molecule has 1 atom stereocenters. The smallest absolute Gasteiger partial charge is 0.306 e. The van der Waals surface area contributed by atoms with Crippen molar-refractivity contribution in [1.82, 2.24) is 0 Å². The zero-order valence-corrected chi connectivity index (χ0v) is 13.8. The quantitative estimate of drug-likeness (QED) is 0.721. The Kier molecular flexibility index (Phi) is 7.01. The van der Waals surface area contributed by atoms with Crippen molar-refractivity contribution in [1.29, 1.82) is 0 Å². The summed E-state index contributed by atoms with van der Waals surface area (Å²) in [6, 6.07) is 0. The lowest BCUT2D eigenvalue weighted by atomic mass is 9.76. The van der Waals surface area contributed by atoms with E-state index in [2.05, 4.69) is 27.7 Å². The van der Waals surface area contributed by atoms with Crippen LogP contribution in [-0.4, -0.2) is 18.6 Å². The Morgan fingerprint density at radius 2 is 1.85 bits per heavy atom. The van der Waals surface area contributed by atoms with Gasteiger partial charge in [0.2, 0.25) is 0 Å². The lowest BCUT2D eigenvalue weighted by Crippen LogP contribution is -2.28. The summed E-state index contributed by atoms with van der Waals surface area (Å²) >= 11 is 0. The number of ether oxygens (including phenoxy) is 1. The van der Waals surface area contributed by atoms with E-state index in [4.69, 9.17) is 10.5 Å². The molecule has 0 aromatic carbocycles. The standard InChI is InChI=1S/C17H33NO2/c1-13(2)14(9-12-18)5-6-16(19)20-15-7-10-17(3,4)11-8-15/h13-15H,5-12,18H2,1-4H3. The highest BCUT2D eigenvalue weighted by molar-refractivity contribution is 5.69. The minimum atomic E-state index is -0.0163. The fraction of sp³-hybridized carbons (Fsp3) is 0.941. The lowest BCUT2D eigenvalue weighted by molar-refractivity contribution is -0.152. The fourth-order valence-electron chi connectivity index (χ4n) is 3.06. The van der Waals surface area contributed by atoms with Gasteiger partial charge in [-0.05, 0) is 62.3 Å². The molecule has 118 valence electrons. The Bertz CT molecular complexity index is 289. The van der Waals surface area contributed by atoms with E-state index in [-0.39, 0.29) is 12.1 Å². The summed E-state index contributed by atoms with van der Waals surface area (Å²) in [6.07, 6.45) is 6.98.